The predicted molar refractivity (Wildman–Crippen MR) is 62.9 cm³/mol. The number of likely N-dealkylation sites (N-methyl/N-ethyl adjacent to an activating group) is 1. The molecule has 3 nitrogen and oxygen atoms in total. The van der Waals surface area contributed by atoms with Crippen molar-refractivity contribution in [2.45, 2.75) is 32.2 Å². The smallest absolute Gasteiger partial charge is 0.236 e. The molecule has 3 heteroatoms. The van der Waals surface area contributed by atoms with Crippen LogP contribution in [0.25, 0.3) is 0 Å². The molecule has 3 fully saturated rings. The maximum atomic E-state index is 11.7. The average molecular weight is 222 g/mol. The summed E-state index contributed by atoms with van der Waals surface area (Å²) in [7, 11) is 1.88. The van der Waals surface area contributed by atoms with E-state index in [2.05, 4.69) is 5.32 Å². The van der Waals surface area contributed by atoms with Crippen molar-refractivity contribution in [1.29, 1.82) is 0 Å². The maximum Gasteiger partial charge on any atom is 0.236 e. The third-order valence-corrected chi connectivity index (χ3v) is 5.12. The van der Waals surface area contributed by atoms with E-state index < -0.39 is 0 Å². The molecule has 2 bridgehead atoms. The summed E-state index contributed by atoms with van der Waals surface area (Å²) in [4.78, 5) is 13.5. The van der Waals surface area contributed by atoms with Crippen molar-refractivity contribution in [3.63, 3.8) is 0 Å². The quantitative estimate of drug-likeness (QED) is 0.772. The third-order valence-electron chi connectivity index (χ3n) is 5.12. The van der Waals surface area contributed by atoms with E-state index >= 15 is 0 Å². The summed E-state index contributed by atoms with van der Waals surface area (Å²) in [6.45, 7) is 3.37. The SMILES string of the molecule is CCN(C)C(=O)CNC1C2C3CCC(C3)C12. The molecule has 1 N–H and O–H groups in total. The molecule has 3 saturated carbocycles. The van der Waals surface area contributed by atoms with Gasteiger partial charge in [0.05, 0.1) is 6.54 Å². The lowest BCUT2D eigenvalue weighted by molar-refractivity contribution is -0.128. The van der Waals surface area contributed by atoms with Crippen molar-refractivity contribution in [3.8, 4) is 0 Å². The molecule has 0 heterocycles. The predicted octanol–water partition coefficient (Wildman–Crippen LogP) is 1.10. The van der Waals surface area contributed by atoms with Gasteiger partial charge >= 0.3 is 0 Å². The van der Waals surface area contributed by atoms with Gasteiger partial charge in [-0.3, -0.25) is 4.79 Å². The molecule has 0 aromatic heterocycles. The van der Waals surface area contributed by atoms with E-state index in [1.54, 1.807) is 4.90 Å². The fourth-order valence-corrected chi connectivity index (χ4v) is 4.11. The van der Waals surface area contributed by atoms with Crippen molar-refractivity contribution >= 4 is 5.91 Å². The lowest BCUT2D eigenvalue weighted by atomic mass is 10.0. The number of carbonyl (C=O) groups excluding carboxylic acids is 1. The van der Waals surface area contributed by atoms with Gasteiger partial charge in [0, 0.05) is 19.6 Å². The molecule has 0 aliphatic heterocycles. The molecule has 90 valence electrons. The van der Waals surface area contributed by atoms with Gasteiger partial charge in [0.2, 0.25) is 5.91 Å². The van der Waals surface area contributed by atoms with Crippen LogP contribution in [0.2, 0.25) is 0 Å². The average Bonchev–Trinajstić information content (AvgIpc) is 2.70. The van der Waals surface area contributed by atoms with Crippen LogP contribution in [0.5, 0.6) is 0 Å². The number of hydrogen-bond acceptors (Lipinski definition) is 2. The minimum absolute atomic E-state index is 0.236. The number of nitrogens with one attached hydrogen (secondary N) is 1. The fourth-order valence-electron chi connectivity index (χ4n) is 4.11. The Balaban J connectivity index is 1.47. The zero-order chi connectivity index (χ0) is 11.3. The molecule has 3 rings (SSSR count). The molecule has 3 aliphatic carbocycles. The molecule has 16 heavy (non-hydrogen) atoms. The van der Waals surface area contributed by atoms with Crippen LogP contribution in [0.3, 0.4) is 0 Å². The van der Waals surface area contributed by atoms with E-state index in [-0.39, 0.29) is 5.91 Å². The molecule has 4 unspecified atom stereocenters. The first-order valence-electron chi connectivity index (χ1n) is 6.69. The Morgan fingerprint density at radius 3 is 2.50 bits per heavy atom. The standard InChI is InChI=1S/C13H22N2O/c1-3-15(2)10(16)7-14-13-11-8-4-5-9(6-8)12(11)13/h8-9,11-14H,3-7H2,1-2H3. The van der Waals surface area contributed by atoms with Crippen LogP contribution in [0, 0.1) is 23.7 Å². The fraction of sp³-hybridized carbons (Fsp3) is 0.923. The Labute approximate surface area is 97.6 Å². The second-order valence-electron chi connectivity index (χ2n) is 5.80. The van der Waals surface area contributed by atoms with Crippen LogP contribution >= 0.6 is 0 Å². The first-order valence-corrected chi connectivity index (χ1v) is 6.69. The molecule has 0 saturated heterocycles. The maximum absolute atomic E-state index is 11.7. The van der Waals surface area contributed by atoms with Crippen molar-refractivity contribution in [3.05, 3.63) is 0 Å². The minimum atomic E-state index is 0.236. The van der Waals surface area contributed by atoms with Gasteiger partial charge in [-0.15, -0.1) is 0 Å². The molecule has 0 spiro atoms. The van der Waals surface area contributed by atoms with Gasteiger partial charge in [0.25, 0.3) is 0 Å². The van der Waals surface area contributed by atoms with Crippen LogP contribution in [-0.2, 0) is 4.79 Å². The highest BCUT2D eigenvalue weighted by atomic mass is 16.2. The first kappa shape index (κ1) is 10.6. The number of hydrogen-bond donors (Lipinski definition) is 1. The highest BCUT2D eigenvalue weighted by Crippen LogP contribution is 2.65. The molecule has 0 aromatic carbocycles. The summed E-state index contributed by atoms with van der Waals surface area (Å²) < 4.78 is 0. The summed E-state index contributed by atoms with van der Waals surface area (Å²) in [6.07, 6.45) is 4.38. The summed E-state index contributed by atoms with van der Waals surface area (Å²) in [6, 6.07) is 0.681. The van der Waals surface area contributed by atoms with E-state index in [0.29, 0.717) is 12.6 Å². The van der Waals surface area contributed by atoms with Crippen LogP contribution in [0.4, 0.5) is 0 Å². The van der Waals surface area contributed by atoms with Crippen molar-refractivity contribution < 1.29 is 4.79 Å². The highest BCUT2D eigenvalue weighted by Gasteiger charge is 2.64. The molecule has 1 amide bonds. The van der Waals surface area contributed by atoms with Gasteiger partial charge in [-0.25, -0.2) is 0 Å². The summed E-state index contributed by atoms with van der Waals surface area (Å²) in [5, 5.41) is 3.48. The van der Waals surface area contributed by atoms with Gasteiger partial charge in [0.1, 0.15) is 0 Å². The third kappa shape index (κ3) is 1.48. The number of carbonyl (C=O) groups is 1. The van der Waals surface area contributed by atoms with Gasteiger partial charge in [-0.05, 0) is 49.9 Å². The highest BCUT2D eigenvalue weighted by molar-refractivity contribution is 5.78. The first-order chi connectivity index (χ1) is 7.72. The zero-order valence-electron chi connectivity index (χ0n) is 10.3. The normalized spacial score (nSPS) is 43.2. The Morgan fingerprint density at radius 1 is 1.31 bits per heavy atom. The number of fused-ring (bicyclic) bond motifs is 5. The van der Waals surface area contributed by atoms with E-state index in [1.165, 1.54) is 19.3 Å². The van der Waals surface area contributed by atoms with Crippen LogP contribution < -0.4 is 5.32 Å². The summed E-state index contributed by atoms with van der Waals surface area (Å²) >= 11 is 0. The van der Waals surface area contributed by atoms with Crippen LogP contribution in [0.1, 0.15) is 26.2 Å². The minimum Gasteiger partial charge on any atom is -0.345 e. The topological polar surface area (TPSA) is 32.3 Å². The second kappa shape index (κ2) is 3.73. The van der Waals surface area contributed by atoms with E-state index in [0.717, 1.165) is 30.2 Å². The van der Waals surface area contributed by atoms with Crippen molar-refractivity contribution in [2.75, 3.05) is 20.1 Å². The molecule has 0 radical (unpaired) electrons. The Kier molecular flexibility index (Phi) is 2.46. The monoisotopic (exact) mass is 222 g/mol. The Morgan fingerprint density at radius 2 is 1.94 bits per heavy atom. The van der Waals surface area contributed by atoms with Crippen molar-refractivity contribution in [1.82, 2.24) is 10.2 Å². The number of amides is 1. The zero-order valence-corrected chi connectivity index (χ0v) is 10.3. The van der Waals surface area contributed by atoms with E-state index in [1.807, 2.05) is 14.0 Å². The summed E-state index contributed by atoms with van der Waals surface area (Å²) in [5.41, 5.74) is 0. The number of nitrogens with zero attached hydrogens (tertiary/aromatic N) is 1. The van der Waals surface area contributed by atoms with E-state index in [4.69, 9.17) is 0 Å². The Bertz CT molecular complexity index is 288. The van der Waals surface area contributed by atoms with Crippen LogP contribution in [-0.4, -0.2) is 37.0 Å². The second-order valence-corrected chi connectivity index (χ2v) is 5.80. The van der Waals surface area contributed by atoms with Crippen LogP contribution in [0.15, 0.2) is 0 Å². The Hall–Kier alpha value is -0.570. The summed E-state index contributed by atoms with van der Waals surface area (Å²) in [5.74, 6) is 4.08. The van der Waals surface area contributed by atoms with Gasteiger partial charge in [0.15, 0.2) is 0 Å². The largest absolute Gasteiger partial charge is 0.345 e. The van der Waals surface area contributed by atoms with Crippen molar-refractivity contribution in [2.24, 2.45) is 23.7 Å². The molecular weight excluding hydrogens is 200 g/mol. The molecular formula is C13H22N2O. The molecule has 3 aliphatic rings. The van der Waals surface area contributed by atoms with E-state index in [9.17, 15) is 4.79 Å². The van der Waals surface area contributed by atoms with Gasteiger partial charge in [-0.2, -0.15) is 0 Å². The van der Waals surface area contributed by atoms with Gasteiger partial charge in [-0.1, -0.05) is 0 Å². The van der Waals surface area contributed by atoms with Gasteiger partial charge < -0.3 is 10.2 Å². The molecule has 4 atom stereocenters. The lowest BCUT2D eigenvalue weighted by Gasteiger charge is -2.16. The lowest BCUT2D eigenvalue weighted by Crippen LogP contribution is -2.37. The number of rotatable bonds is 4. The molecule has 0 aromatic rings.